The van der Waals surface area contributed by atoms with Crippen molar-refractivity contribution in [3.8, 4) is 5.75 Å². The predicted molar refractivity (Wildman–Crippen MR) is 111 cm³/mol. The lowest BCUT2D eigenvalue weighted by molar-refractivity contribution is -0.141. The molecule has 0 aliphatic carbocycles. The summed E-state index contributed by atoms with van der Waals surface area (Å²) in [6, 6.07) is 15.0. The number of nitrogens with zero attached hydrogens (tertiary/aromatic N) is 1. The molecule has 0 fully saturated rings. The first-order valence-corrected chi connectivity index (χ1v) is 10.0. The zero-order chi connectivity index (χ0) is 21.1. The van der Waals surface area contributed by atoms with Gasteiger partial charge in [-0.2, -0.15) is 0 Å². The molecule has 0 saturated heterocycles. The van der Waals surface area contributed by atoms with Crippen LogP contribution in [0.4, 0.5) is 4.39 Å². The minimum absolute atomic E-state index is 0.0175. The van der Waals surface area contributed by atoms with Crippen molar-refractivity contribution in [1.82, 2.24) is 10.2 Å². The van der Waals surface area contributed by atoms with Crippen LogP contribution in [-0.4, -0.2) is 42.5 Å². The van der Waals surface area contributed by atoms with Crippen LogP contribution in [-0.2, 0) is 16.0 Å². The summed E-state index contributed by atoms with van der Waals surface area (Å²) in [6.45, 7) is 4.36. The first kappa shape index (κ1) is 22.4. The van der Waals surface area contributed by atoms with E-state index in [0.717, 1.165) is 18.4 Å². The third kappa shape index (κ3) is 7.22. The van der Waals surface area contributed by atoms with Crippen molar-refractivity contribution >= 4 is 11.8 Å². The Hall–Kier alpha value is -2.89. The molecule has 0 saturated carbocycles. The summed E-state index contributed by atoms with van der Waals surface area (Å²) in [4.78, 5) is 26.8. The number of para-hydroxylation sites is 1. The summed E-state index contributed by atoms with van der Waals surface area (Å²) in [6.07, 6.45) is 2.47. The number of carbonyl (C=O) groups excluding carboxylic acids is 2. The van der Waals surface area contributed by atoms with Crippen molar-refractivity contribution in [3.63, 3.8) is 0 Å². The number of unbranched alkanes of at least 4 members (excludes halogenated alkanes) is 1. The van der Waals surface area contributed by atoms with E-state index in [1.807, 2.05) is 37.3 Å². The number of amides is 2. The van der Waals surface area contributed by atoms with Gasteiger partial charge in [-0.25, -0.2) is 4.39 Å². The van der Waals surface area contributed by atoms with Crippen LogP contribution in [0.1, 0.15) is 32.3 Å². The molecule has 0 aliphatic heterocycles. The van der Waals surface area contributed by atoms with Gasteiger partial charge >= 0.3 is 0 Å². The first-order valence-electron chi connectivity index (χ1n) is 10.0. The van der Waals surface area contributed by atoms with Gasteiger partial charge in [-0.05, 0) is 37.5 Å². The van der Waals surface area contributed by atoms with E-state index < -0.39 is 11.9 Å². The monoisotopic (exact) mass is 400 g/mol. The normalized spacial score (nSPS) is 11.6. The van der Waals surface area contributed by atoms with E-state index in [2.05, 4.69) is 5.32 Å². The Morgan fingerprint density at radius 2 is 1.79 bits per heavy atom. The molecule has 156 valence electrons. The summed E-state index contributed by atoms with van der Waals surface area (Å²) in [5.41, 5.74) is 1.07. The van der Waals surface area contributed by atoms with Crippen molar-refractivity contribution in [3.05, 3.63) is 66.0 Å². The van der Waals surface area contributed by atoms with Crippen LogP contribution in [0.2, 0.25) is 0 Å². The molecule has 29 heavy (non-hydrogen) atoms. The van der Waals surface area contributed by atoms with Gasteiger partial charge in [0.2, 0.25) is 5.91 Å². The zero-order valence-electron chi connectivity index (χ0n) is 17.1. The number of nitrogens with one attached hydrogen (secondary N) is 1. The molecule has 2 aromatic carbocycles. The highest BCUT2D eigenvalue weighted by Crippen LogP contribution is 2.16. The molecule has 0 unspecified atom stereocenters. The second kappa shape index (κ2) is 11.8. The number of rotatable bonds is 11. The third-order valence-electron chi connectivity index (χ3n) is 4.67. The maximum atomic E-state index is 13.8. The quantitative estimate of drug-likeness (QED) is 0.587. The molecule has 5 nitrogen and oxygen atoms in total. The number of carbonyl (C=O) groups is 2. The smallest absolute Gasteiger partial charge is 0.261 e. The van der Waals surface area contributed by atoms with E-state index >= 15 is 0 Å². The molecule has 2 amide bonds. The first-order chi connectivity index (χ1) is 14.0. The molecular weight excluding hydrogens is 371 g/mol. The Kier molecular flexibility index (Phi) is 9.15. The molecule has 1 N–H and O–H groups in total. The summed E-state index contributed by atoms with van der Waals surface area (Å²) in [7, 11) is 0. The van der Waals surface area contributed by atoms with Crippen LogP contribution in [0.3, 0.4) is 0 Å². The van der Waals surface area contributed by atoms with Crippen molar-refractivity contribution < 1.29 is 18.7 Å². The lowest BCUT2D eigenvalue weighted by Crippen LogP contribution is -2.50. The average molecular weight is 400 g/mol. The zero-order valence-corrected chi connectivity index (χ0v) is 17.1. The van der Waals surface area contributed by atoms with Gasteiger partial charge in [0.25, 0.3) is 5.91 Å². The van der Waals surface area contributed by atoms with Gasteiger partial charge in [0.15, 0.2) is 18.2 Å². The number of benzene rings is 2. The highest BCUT2D eigenvalue weighted by atomic mass is 19.1. The van der Waals surface area contributed by atoms with Gasteiger partial charge in [0.1, 0.15) is 6.04 Å². The second-order valence-electron chi connectivity index (χ2n) is 6.86. The highest BCUT2D eigenvalue weighted by molar-refractivity contribution is 5.87. The molecule has 0 heterocycles. The van der Waals surface area contributed by atoms with Crippen molar-refractivity contribution in [1.29, 1.82) is 0 Å². The van der Waals surface area contributed by atoms with Crippen LogP contribution >= 0.6 is 0 Å². The molecule has 6 heteroatoms. The average Bonchev–Trinajstić information content (AvgIpc) is 2.74. The maximum Gasteiger partial charge on any atom is 0.261 e. The van der Waals surface area contributed by atoms with Gasteiger partial charge in [-0.15, -0.1) is 0 Å². The minimum Gasteiger partial charge on any atom is -0.481 e. The second-order valence-corrected chi connectivity index (χ2v) is 6.86. The molecule has 0 aliphatic rings. The lowest BCUT2D eigenvalue weighted by atomic mass is 10.1. The van der Waals surface area contributed by atoms with E-state index in [-0.39, 0.29) is 24.2 Å². The summed E-state index contributed by atoms with van der Waals surface area (Å²) in [5.74, 6) is -1.07. The van der Waals surface area contributed by atoms with E-state index in [1.165, 1.54) is 17.0 Å². The van der Waals surface area contributed by atoms with E-state index in [9.17, 15) is 14.0 Å². The van der Waals surface area contributed by atoms with Crippen molar-refractivity contribution in [2.75, 3.05) is 19.7 Å². The fraction of sp³-hybridized carbons (Fsp3) is 0.391. The predicted octanol–water partition coefficient (Wildman–Crippen LogP) is 3.58. The molecule has 1 atom stereocenters. The molecule has 0 spiro atoms. The van der Waals surface area contributed by atoms with Crippen LogP contribution in [0.15, 0.2) is 54.6 Å². The summed E-state index contributed by atoms with van der Waals surface area (Å²) < 4.78 is 19.1. The molecule has 0 radical (unpaired) electrons. The minimum atomic E-state index is -0.646. The number of hydrogen-bond donors (Lipinski definition) is 1. The largest absolute Gasteiger partial charge is 0.481 e. The van der Waals surface area contributed by atoms with Crippen LogP contribution < -0.4 is 10.1 Å². The van der Waals surface area contributed by atoms with Crippen molar-refractivity contribution in [2.45, 2.75) is 39.2 Å². The van der Waals surface area contributed by atoms with Gasteiger partial charge < -0.3 is 15.0 Å². The molecule has 2 rings (SSSR count). The van der Waals surface area contributed by atoms with Crippen LogP contribution in [0, 0.1) is 5.82 Å². The van der Waals surface area contributed by atoms with Gasteiger partial charge in [0.05, 0.1) is 0 Å². The van der Waals surface area contributed by atoms with Crippen LogP contribution in [0.25, 0.3) is 0 Å². The fourth-order valence-corrected chi connectivity index (χ4v) is 2.89. The Morgan fingerprint density at radius 3 is 2.48 bits per heavy atom. The molecule has 0 aromatic heterocycles. The van der Waals surface area contributed by atoms with Crippen LogP contribution in [0.5, 0.6) is 5.75 Å². The molecule has 0 bridgehead atoms. The summed E-state index contributed by atoms with van der Waals surface area (Å²) in [5, 5.41) is 2.87. The molecular formula is C23H29FN2O3. The Bertz CT molecular complexity index is 783. The van der Waals surface area contributed by atoms with E-state index in [4.69, 9.17) is 4.74 Å². The topological polar surface area (TPSA) is 58.6 Å². The maximum absolute atomic E-state index is 13.8. The number of halogens is 1. The lowest BCUT2D eigenvalue weighted by Gasteiger charge is -2.28. The van der Waals surface area contributed by atoms with Crippen molar-refractivity contribution in [2.24, 2.45) is 0 Å². The number of hydrogen-bond acceptors (Lipinski definition) is 3. The highest BCUT2D eigenvalue weighted by Gasteiger charge is 2.26. The fourth-order valence-electron chi connectivity index (χ4n) is 2.89. The Morgan fingerprint density at radius 1 is 1.10 bits per heavy atom. The molecule has 2 aromatic rings. The van der Waals surface area contributed by atoms with Gasteiger partial charge in [-0.1, -0.05) is 55.8 Å². The number of ether oxygens (including phenoxy) is 1. The summed E-state index contributed by atoms with van der Waals surface area (Å²) >= 11 is 0. The van der Waals surface area contributed by atoms with Gasteiger partial charge in [-0.3, -0.25) is 9.59 Å². The Labute approximate surface area is 171 Å². The van der Waals surface area contributed by atoms with Gasteiger partial charge in [0, 0.05) is 13.1 Å². The SMILES string of the molecule is CCCCNC(=O)[C@@H](C)N(CCc1ccccc1)C(=O)COc1ccccc1F. The van der Waals surface area contributed by atoms with E-state index in [1.54, 1.807) is 19.1 Å². The van der Waals surface area contributed by atoms with E-state index in [0.29, 0.717) is 19.5 Å². The third-order valence-corrected chi connectivity index (χ3v) is 4.67. The standard InChI is InChI=1S/C23H29FN2O3/c1-3-4-15-25-23(28)18(2)26(16-14-19-10-6-5-7-11-19)22(27)17-29-21-13-9-8-12-20(21)24/h5-13,18H,3-4,14-17H2,1-2H3,(H,25,28)/t18-/m1/s1. The Balaban J connectivity index is 2.04.